The summed E-state index contributed by atoms with van der Waals surface area (Å²) in [6.07, 6.45) is -0.692. The number of fused-ring (bicyclic) bond motifs is 1. The highest BCUT2D eigenvalue weighted by atomic mass is 35.5. The van der Waals surface area contributed by atoms with Crippen molar-refractivity contribution >= 4 is 66.5 Å². The molecule has 2 heterocycles. The summed E-state index contributed by atoms with van der Waals surface area (Å²) in [5, 5.41) is 15.7. The number of furan rings is 1. The van der Waals surface area contributed by atoms with Gasteiger partial charge in [0.15, 0.2) is 5.13 Å². The third-order valence-electron chi connectivity index (χ3n) is 4.11. The van der Waals surface area contributed by atoms with Crippen LogP contribution in [0.5, 0.6) is 0 Å². The normalized spacial score (nSPS) is 12.7. The summed E-state index contributed by atoms with van der Waals surface area (Å²) < 4.78 is 33.9. The molecule has 0 radical (unpaired) electrons. The molecule has 0 aliphatic rings. The van der Waals surface area contributed by atoms with Gasteiger partial charge < -0.3 is 14.8 Å². The monoisotopic (exact) mass is 495 g/mol. The van der Waals surface area contributed by atoms with Crippen molar-refractivity contribution in [2.75, 3.05) is 10.0 Å². The number of thioether (sulfide) groups is 1. The highest BCUT2D eigenvalue weighted by Crippen LogP contribution is 2.34. The standard InChI is InChI=1S/C20H18ClN3O4S3/c1-12(25)22-20-23-15(11-30-20)10-29-18-7-6-14(21)9-16(18)24-31(26,27)19-8-13-4-2-3-5-17(13)28-19/h2-9,11-12,24-25H,10H2,1H3,(H,22,23). The molecular weight excluding hydrogens is 478 g/mol. The molecular formula is C20H18ClN3O4S3. The smallest absolute Gasteiger partial charge is 0.295 e. The lowest BCUT2D eigenvalue weighted by Crippen LogP contribution is -2.13. The molecule has 2 aromatic heterocycles. The Morgan fingerprint density at radius 1 is 1.26 bits per heavy atom. The number of anilines is 2. The lowest BCUT2D eigenvalue weighted by atomic mass is 10.3. The summed E-state index contributed by atoms with van der Waals surface area (Å²) in [6.45, 7) is 1.62. The Labute approximate surface area is 192 Å². The van der Waals surface area contributed by atoms with E-state index in [1.807, 2.05) is 11.4 Å². The van der Waals surface area contributed by atoms with Gasteiger partial charge in [-0.2, -0.15) is 8.42 Å². The van der Waals surface area contributed by atoms with Gasteiger partial charge in [-0.05, 0) is 31.2 Å². The summed E-state index contributed by atoms with van der Waals surface area (Å²) in [6, 6.07) is 13.6. The van der Waals surface area contributed by atoms with E-state index in [1.165, 1.54) is 29.2 Å². The highest BCUT2D eigenvalue weighted by Gasteiger charge is 2.21. The van der Waals surface area contributed by atoms with Crippen LogP contribution < -0.4 is 10.0 Å². The van der Waals surface area contributed by atoms with Gasteiger partial charge in [-0.15, -0.1) is 23.1 Å². The summed E-state index contributed by atoms with van der Waals surface area (Å²) >= 11 is 8.92. The lowest BCUT2D eigenvalue weighted by Gasteiger charge is -2.11. The third-order valence-corrected chi connectivity index (χ3v) is 7.50. The molecule has 0 amide bonds. The van der Waals surface area contributed by atoms with Crippen molar-refractivity contribution in [2.45, 2.75) is 28.9 Å². The number of para-hydroxylation sites is 1. The van der Waals surface area contributed by atoms with E-state index in [2.05, 4.69) is 15.0 Å². The number of thiazole rings is 1. The van der Waals surface area contributed by atoms with Gasteiger partial charge in [-0.25, -0.2) is 4.98 Å². The Morgan fingerprint density at radius 2 is 2.06 bits per heavy atom. The maximum absolute atomic E-state index is 12.9. The van der Waals surface area contributed by atoms with Crippen LogP contribution in [-0.4, -0.2) is 24.7 Å². The Balaban J connectivity index is 1.54. The first-order valence-electron chi connectivity index (χ1n) is 9.13. The van der Waals surface area contributed by atoms with Crippen LogP contribution in [0.25, 0.3) is 11.0 Å². The first-order chi connectivity index (χ1) is 14.8. The minimum absolute atomic E-state index is 0.169. The van der Waals surface area contributed by atoms with Crippen LogP contribution in [0.15, 0.2) is 68.3 Å². The van der Waals surface area contributed by atoms with Crippen molar-refractivity contribution in [3.63, 3.8) is 0 Å². The molecule has 162 valence electrons. The molecule has 2 aromatic carbocycles. The van der Waals surface area contributed by atoms with Crippen molar-refractivity contribution in [1.82, 2.24) is 4.98 Å². The molecule has 0 saturated carbocycles. The minimum Gasteiger partial charge on any atom is -0.443 e. The number of aliphatic hydroxyl groups is 1. The number of nitrogens with one attached hydrogen (secondary N) is 2. The van der Waals surface area contributed by atoms with Gasteiger partial charge >= 0.3 is 0 Å². The molecule has 0 aliphatic heterocycles. The van der Waals surface area contributed by atoms with Crippen molar-refractivity contribution in [1.29, 1.82) is 0 Å². The zero-order valence-corrected chi connectivity index (χ0v) is 19.4. The predicted octanol–water partition coefficient (Wildman–Crippen LogP) is 5.39. The molecule has 1 atom stereocenters. The maximum atomic E-state index is 12.9. The van der Waals surface area contributed by atoms with E-state index in [1.54, 1.807) is 43.3 Å². The second kappa shape index (κ2) is 9.09. The molecule has 11 heteroatoms. The molecule has 0 spiro atoms. The molecule has 4 aromatic rings. The van der Waals surface area contributed by atoms with Gasteiger partial charge in [0.1, 0.15) is 11.8 Å². The van der Waals surface area contributed by atoms with Crippen LogP contribution in [-0.2, 0) is 15.8 Å². The zero-order valence-electron chi connectivity index (χ0n) is 16.2. The summed E-state index contributed by atoms with van der Waals surface area (Å²) in [5.41, 5.74) is 1.66. The molecule has 0 saturated heterocycles. The predicted molar refractivity (Wildman–Crippen MR) is 125 cm³/mol. The minimum atomic E-state index is -3.95. The summed E-state index contributed by atoms with van der Waals surface area (Å²) in [4.78, 5) is 5.10. The van der Waals surface area contributed by atoms with Gasteiger partial charge in [-0.1, -0.05) is 29.8 Å². The third kappa shape index (κ3) is 5.34. The highest BCUT2D eigenvalue weighted by molar-refractivity contribution is 7.98. The van der Waals surface area contributed by atoms with Crippen LogP contribution in [0.4, 0.5) is 10.8 Å². The van der Waals surface area contributed by atoms with Gasteiger partial charge in [-0.3, -0.25) is 4.72 Å². The second-order valence-corrected chi connectivity index (χ2v) is 10.5. The van der Waals surface area contributed by atoms with Gasteiger partial charge in [0.2, 0.25) is 5.09 Å². The van der Waals surface area contributed by atoms with Gasteiger partial charge in [0.25, 0.3) is 10.0 Å². The molecule has 0 fully saturated rings. The number of hydrogen-bond acceptors (Lipinski definition) is 8. The van der Waals surface area contributed by atoms with Crippen LogP contribution >= 0.6 is 34.7 Å². The molecule has 0 aliphatic carbocycles. The largest absolute Gasteiger partial charge is 0.443 e. The first-order valence-corrected chi connectivity index (χ1v) is 12.9. The average molecular weight is 496 g/mol. The van der Waals surface area contributed by atoms with Crippen LogP contribution in [0.1, 0.15) is 12.6 Å². The summed E-state index contributed by atoms with van der Waals surface area (Å²) in [7, 11) is -3.95. The number of aliphatic hydroxyl groups excluding tert-OH is 1. The molecule has 4 rings (SSSR count). The molecule has 31 heavy (non-hydrogen) atoms. The Kier molecular flexibility index (Phi) is 6.44. The molecule has 1 unspecified atom stereocenters. The Morgan fingerprint density at radius 3 is 2.84 bits per heavy atom. The number of hydrogen-bond donors (Lipinski definition) is 3. The van der Waals surface area contributed by atoms with Crippen LogP contribution in [0, 0.1) is 0 Å². The average Bonchev–Trinajstić information content (AvgIpc) is 3.33. The SMILES string of the molecule is CC(O)Nc1nc(CSc2ccc(Cl)cc2NS(=O)(=O)c2cc3ccccc3o2)cs1. The van der Waals surface area contributed by atoms with E-state index in [0.717, 1.165) is 5.69 Å². The quantitative estimate of drug-likeness (QED) is 0.222. The lowest BCUT2D eigenvalue weighted by molar-refractivity contribution is 0.224. The fraction of sp³-hybridized carbons (Fsp3) is 0.150. The van der Waals surface area contributed by atoms with E-state index < -0.39 is 16.3 Å². The summed E-state index contributed by atoms with van der Waals surface area (Å²) in [5.74, 6) is 0.513. The van der Waals surface area contributed by atoms with Crippen molar-refractivity contribution < 1.29 is 17.9 Å². The van der Waals surface area contributed by atoms with E-state index in [-0.39, 0.29) is 5.09 Å². The van der Waals surface area contributed by atoms with Crippen molar-refractivity contribution in [2.24, 2.45) is 0 Å². The molecule has 0 bridgehead atoms. The Hall–Kier alpha value is -2.24. The molecule has 3 N–H and O–H groups in total. The Bertz CT molecular complexity index is 1290. The second-order valence-electron chi connectivity index (χ2n) is 6.60. The van der Waals surface area contributed by atoms with Gasteiger partial charge in [0.05, 0.1) is 11.4 Å². The van der Waals surface area contributed by atoms with Gasteiger partial charge in [0, 0.05) is 32.5 Å². The zero-order chi connectivity index (χ0) is 22.0. The number of rotatable bonds is 8. The van der Waals surface area contributed by atoms with Crippen LogP contribution in [0.2, 0.25) is 5.02 Å². The van der Waals surface area contributed by atoms with Crippen LogP contribution in [0.3, 0.4) is 0 Å². The van der Waals surface area contributed by atoms with Crippen molar-refractivity contribution in [3.8, 4) is 0 Å². The number of halogens is 1. The topological polar surface area (TPSA) is 104 Å². The number of sulfonamides is 1. The van der Waals surface area contributed by atoms with E-state index in [0.29, 0.717) is 37.5 Å². The molecule has 7 nitrogen and oxygen atoms in total. The maximum Gasteiger partial charge on any atom is 0.295 e. The van der Waals surface area contributed by atoms with Crippen molar-refractivity contribution in [3.05, 3.63) is 64.6 Å². The fourth-order valence-corrected chi connectivity index (χ4v) is 5.82. The van der Waals surface area contributed by atoms with E-state index in [4.69, 9.17) is 16.0 Å². The number of benzene rings is 2. The number of nitrogens with zero attached hydrogens (tertiary/aromatic N) is 1. The number of aromatic nitrogens is 1. The van der Waals surface area contributed by atoms with E-state index in [9.17, 15) is 13.5 Å². The fourth-order valence-electron chi connectivity index (χ4n) is 2.76. The first kappa shape index (κ1) is 22.0. The van der Waals surface area contributed by atoms with E-state index >= 15 is 0 Å².